The van der Waals surface area contributed by atoms with E-state index in [1.807, 2.05) is 0 Å². The number of benzene rings is 1. The summed E-state index contributed by atoms with van der Waals surface area (Å²) in [4.78, 5) is 3.93. The zero-order valence-electron chi connectivity index (χ0n) is 9.28. The molecule has 0 amide bonds. The van der Waals surface area contributed by atoms with Gasteiger partial charge in [0.1, 0.15) is 5.15 Å². The normalized spacial score (nSPS) is 12.4. The van der Waals surface area contributed by atoms with Crippen molar-refractivity contribution in [1.29, 1.82) is 0 Å². The smallest absolute Gasteiger partial charge is 0.129 e. The number of aromatic nitrogens is 1. The van der Waals surface area contributed by atoms with E-state index >= 15 is 0 Å². The van der Waals surface area contributed by atoms with Gasteiger partial charge in [0, 0.05) is 22.7 Å². The average Bonchev–Trinajstić information content (AvgIpc) is 2.34. The minimum absolute atomic E-state index is 0.378. The van der Waals surface area contributed by atoms with Gasteiger partial charge in [0.15, 0.2) is 0 Å². The van der Waals surface area contributed by atoms with Gasteiger partial charge in [-0.2, -0.15) is 0 Å². The van der Waals surface area contributed by atoms with Crippen molar-refractivity contribution in [3.8, 4) is 0 Å². The summed E-state index contributed by atoms with van der Waals surface area (Å²) in [6.07, 6.45) is 1.24. The molecule has 2 rings (SSSR count). The Morgan fingerprint density at radius 2 is 1.89 bits per heavy atom. The van der Waals surface area contributed by atoms with Crippen LogP contribution in [0.1, 0.15) is 17.2 Å². The van der Waals surface area contributed by atoms with Crippen LogP contribution in [0.25, 0.3) is 0 Å². The number of hydrogen-bond acceptors (Lipinski definition) is 2. The molecule has 0 saturated carbocycles. The maximum atomic E-state index is 10.1. The number of aliphatic hydroxyl groups excluding tert-OH is 1. The Hall–Kier alpha value is -0.800. The molecule has 1 atom stereocenters. The molecule has 5 heteroatoms. The number of hydrogen-bond donors (Lipinski definition) is 1. The molecule has 94 valence electrons. The lowest BCUT2D eigenvalue weighted by atomic mass is 10.0. The number of pyridine rings is 1. The average molecular weight is 303 g/mol. The van der Waals surface area contributed by atoms with E-state index in [4.69, 9.17) is 34.8 Å². The summed E-state index contributed by atoms with van der Waals surface area (Å²) in [6, 6.07) is 8.55. The Morgan fingerprint density at radius 1 is 1.11 bits per heavy atom. The first kappa shape index (κ1) is 13.6. The molecule has 0 aliphatic rings. The predicted octanol–water partition coefficient (Wildman–Crippen LogP) is 4.32. The molecule has 0 saturated heterocycles. The molecular weight excluding hydrogens is 293 g/mol. The maximum Gasteiger partial charge on any atom is 0.129 e. The second-order valence-corrected chi connectivity index (χ2v) is 5.10. The van der Waals surface area contributed by atoms with Crippen LogP contribution >= 0.6 is 34.8 Å². The third-order valence-electron chi connectivity index (χ3n) is 2.56. The molecule has 18 heavy (non-hydrogen) atoms. The second-order valence-electron chi connectivity index (χ2n) is 3.87. The highest BCUT2D eigenvalue weighted by Gasteiger charge is 2.11. The van der Waals surface area contributed by atoms with Crippen molar-refractivity contribution in [2.24, 2.45) is 0 Å². The third kappa shape index (κ3) is 3.36. The van der Waals surface area contributed by atoms with Gasteiger partial charge in [0.05, 0.1) is 6.10 Å². The fourth-order valence-corrected chi connectivity index (χ4v) is 2.11. The van der Waals surface area contributed by atoms with Crippen molar-refractivity contribution >= 4 is 34.8 Å². The minimum atomic E-state index is -0.689. The molecule has 0 spiro atoms. The number of rotatable bonds is 3. The fraction of sp³-hybridized carbons (Fsp3) is 0.154. The van der Waals surface area contributed by atoms with Crippen molar-refractivity contribution in [3.05, 3.63) is 62.9 Å². The molecule has 1 N–H and O–H groups in total. The van der Waals surface area contributed by atoms with E-state index in [0.717, 1.165) is 5.56 Å². The van der Waals surface area contributed by atoms with Gasteiger partial charge in [-0.3, -0.25) is 0 Å². The SMILES string of the molecule is OC(Cc1cc(Cl)ccc1Cl)c1ccc(Cl)nc1. The lowest BCUT2D eigenvalue weighted by Gasteiger charge is -2.12. The van der Waals surface area contributed by atoms with E-state index in [1.165, 1.54) is 0 Å². The zero-order valence-corrected chi connectivity index (χ0v) is 11.5. The van der Waals surface area contributed by atoms with Gasteiger partial charge >= 0.3 is 0 Å². The molecule has 2 nitrogen and oxygen atoms in total. The molecule has 0 fully saturated rings. The zero-order chi connectivity index (χ0) is 13.1. The van der Waals surface area contributed by atoms with Crippen LogP contribution in [0.2, 0.25) is 15.2 Å². The van der Waals surface area contributed by atoms with E-state index < -0.39 is 6.10 Å². The molecule has 1 unspecified atom stereocenters. The number of aliphatic hydroxyl groups is 1. The molecule has 0 aliphatic carbocycles. The largest absolute Gasteiger partial charge is 0.388 e. The van der Waals surface area contributed by atoms with Gasteiger partial charge in [-0.05, 0) is 35.4 Å². The predicted molar refractivity (Wildman–Crippen MR) is 74.4 cm³/mol. The first-order valence-electron chi connectivity index (χ1n) is 5.29. The molecule has 2 aromatic rings. The van der Waals surface area contributed by atoms with Crippen LogP contribution in [0.3, 0.4) is 0 Å². The van der Waals surface area contributed by atoms with Crippen LogP contribution in [0.4, 0.5) is 0 Å². The van der Waals surface area contributed by atoms with Crippen molar-refractivity contribution in [2.75, 3.05) is 0 Å². The van der Waals surface area contributed by atoms with Crippen molar-refractivity contribution in [2.45, 2.75) is 12.5 Å². The maximum absolute atomic E-state index is 10.1. The standard InChI is InChI=1S/C13H10Cl3NO/c14-10-2-3-11(15)9(5-10)6-12(18)8-1-4-13(16)17-7-8/h1-5,7,12,18H,6H2. The van der Waals surface area contributed by atoms with Crippen LogP contribution in [0.5, 0.6) is 0 Å². The second kappa shape index (κ2) is 5.89. The first-order valence-corrected chi connectivity index (χ1v) is 6.43. The van der Waals surface area contributed by atoms with Gasteiger partial charge in [0.2, 0.25) is 0 Å². The Kier molecular flexibility index (Phi) is 4.46. The van der Waals surface area contributed by atoms with E-state index in [9.17, 15) is 5.11 Å². The Balaban J connectivity index is 2.18. The molecular formula is C13H10Cl3NO. The highest BCUT2D eigenvalue weighted by atomic mass is 35.5. The summed E-state index contributed by atoms with van der Waals surface area (Å²) in [6.45, 7) is 0. The minimum Gasteiger partial charge on any atom is -0.388 e. The van der Waals surface area contributed by atoms with Crippen molar-refractivity contribution in [3.63, 3.8) is 0 Å². The van der Waals surface area contributed by atoms with E-state index in [1.54, 1.807) is 36.5 Å². The molecule has 0 radical (unpaired) electrons. The Labute approximate surface area is 120 Å². The van der Waals surface area contributed by atoms with Crippen LogP contribution < -0.4 is 0 Å². The van der Waals surface area contributed by atoms with Crippen LogP contribution in [0.15, 0.2) is 36.5 Å². The van der Waals surface area contributed by atoms with Crippen LogP contribution in [-0.2, 0) is 6.42 Å². The first-order chi connectivity index (χ1) is 8.56. The summed E-state index contributed by atoms with van der Waals surface area (Å²) >= 11 is 17.6. The Bertz CT molecular complexity index is 542. The topological polar surface area (TPSA) is 33.1 Å². The summed E-state index contributed by atoms with van der Waals surface area (Å²) in [5.41, 5.74) is 1.49. The van der Waals surface area contributed by atoms with Crippen molar-refractivity contribution in [1.82, 2.24) is 4.98 Å². The number of nitrogens with zero attached hydrogens (tertiary/aromatic N) is 1. The van der Waals surface area contributed by atoms with E-state index in [-0.39, 0.29) is 0 Å². The highest BCUT2D eigenvalue weighted by molar-refractivity contribution is 6.33. The van der Waals surface area contributed by atoms with Crippen LogP contribution in [0, 0.1) is 0 Å². The summed E-state index contributed by atoms with van der Waals surface area (Å²) in [5.74, 6) is 0. The van der Waals surface area contributed by atoms with E-state index in [2.05, 4.69) is 4.98 Å². The van der Waals surface area contributed by atoms with Gasteiger partial charge in [-0.25, -0.2) is 4.98 Å². The molecule has 1 aromatic heterocycles. The summed E-state index contributed by atoms with van der Waals surface area (Å²) < 4.78 is 0. The number of halogens is 3. The molecule has 1 aromatic carbocycles. The molecule has 0 bridgehead atoms. The Morgan fingerprint density at radius 3 is 2.56 bits per heavy atom. The van der Waals surface area contributed by atoms with Gasteiger partial charge < -0.3 is 5.11 Å². The third-order valence-corrected chi connectivity index (χ3v) is 3.38. The molecule has 1 heterocycles. The van der Waals surface area contributed by atoms with Crippen LogP contribution in [-0.4, -0.2) is 10.1 Å². The highest BCUT2D eigenvalue weighted by Crippen LogP contribution is 2.26. The monoisotopic (exact) mass is 301 g/mol. The van der Waals surface area contributed by atoms with Gasteiger partial charge in [0.25, 0.3) is 0 Å². The quantitative estimate of drug-likeness (QED) is 0.857. The fourth-order valence-electron chi connectivity index (χ4n) is 1.61. The van der Waals surface area contributed by atoms with Crippen molar-refractivity contribution < 1.29 is 5.11 Å². The van der Waals surface area contributed by atoms with E-state index in [0.29, 0.717) is 27.2 Å². The van der Waals surface area contributed by atoms with Gasteiger partial charge in [-0.15, -0.1) is 0 Å². The molecule has 0 aliphatic heterocycles. The summed E-state index contributed by atoms with van der Waals surface area (Å²) in [5, 5.41) is 11.7. The lowest BCUT2D eigenvalue weighted by molar-refractivity contribution is 0.178. The lowest BCUT2D eigenvalue weighted by Crippen LogP contribution is -2.02. The van der Waals surface area contributed by atoms with Gasteiger partial charge in [-0.1, -0.05) is 40.9 Å². The summed E-state index contributed by atoms with van der Waals surface area (Å²) in [7, 11) is 0.